The summed E-state index contributed by atoms with van der Waals surface area (Å²) in [5.41, 5.74) is 11.6. The van der Waals surface area contributed by atoms with Gasteiger partial charge in [-0.25, -0.2) is 4.98 Å². The second-order valence-electron chi connectivity index (χ2n) is 14.4. The molecule has 0 saturated carbocycles. The molecule has 0 bridgehead atoms. The van der Waals surface area contributed by atoms with Crippen LogP contribution >= 0.6 is 11.3 Å². The Morgan fingerprint density at radius 3 is 2.04 bits per heavy atom. The van der Waals surface area contributed by atoms with Gasteiger partial charge in [0.15, 0.2) is 0 Å². The Morgan fingerprint density at radius 1 is 0.574 bits per heavy atom. The van der Waals surface area contributed by atoms with Gasteiger partial charge in [0, 0.05) is 22.9 Å². The molecule has 1 aromatic heterocycles. The van der Waals surface area contributed by atoms with Crippen molar-refractivity contribution in [1.29, 1.82) is 0 Å². The van der Waals surface area contributed by atoms with Crippen LogP contribution in [0, 0.1) is 0 Å². The van der Waals surface area contributed by atoms with Gasteiger partial charge in [0.25, 0.3) is 0 Å². The molecule has 0 aliphatic heterocycles. The lowest BCUT2D eigenvalue weighted by molar-refractivity contribution is 0.590. The topological polar surface area (TPSA) is 25.2 Å². The van der Waals surface area contributed by atoms with Gasteiger partial charge in [0.1, 0.15) is 5.01 Å². The molecule has 0 aliphatic carbocycles. The average molecular weight is 629 g/mol. The maximum atomic E-state index is 5.34. The van der Waals surface area contributed by atoms with E-state index in [1.54, 1.807) is 11.3 Å². The molecule has 232 valence electrons. The third kappa shape index (κ3) is 6.28. The highest BCUT2D eigenvalue weighted by molar-refractivity contribution is 7.21. The summed E-state index contributed by atoms with van der Waals surface area (Å²) >= 11 is 1.75. The molecule has 0 spiro atoms. The minimum Gasteiger partial charge on any atom is -0.256 e. The van der Waals surface area contributed by atoms with Crippen LogP contribution in [0.4, 0.5) is 5.69 Å². The Bertz CT molecular complexity index is 2270. The maximum absolute atomic E-state index is 5.34. The summed E-state index contributed by atoms with van der Waals surface area (Å²) in [6.07, 6.45) is 1.98. The van der Waals surface area contributed by atoms with Crippen LogP contribution in [0.3, 0.4) is 0 Å². The summed E-state index contributed by atoms with van der Waals surface area (Å²) in [6.45, 7) is 13.7. The number of hydrogen-bond donors (Lipinski definition) is 0. The van der Waals surface area contributed by atoms with Crippen LogP contribution in [-0.2, 0) is 10.8 Å². The number of nitrogens with zero attached hydrogens (tertiary/aromatic N) is 2. The highest BCUT2D eigenvalue weighted by atomic mass is 32.1. The summed E-state index contributed by atoms with van der Waals surface area (Å²) in [5.74, 6) is 0. The van der Waals surface area contributed by atoms with Crippen molar-refractivity contribution in [1.82, 2.24) is 4.98 Å². The molecule has 0 N–H and O–H groups in total. The van der Waals surface area contributed by atoms with Gasteiger partial charge in [-0.2, -0.15) is 0 Å². The zero-order valence-corrected chi connectivity index (χ0v) is 28.8. The molecule has 0 unspecified atom stereocenters. The van der Waals surface area contributed by atoms with E-state index in [4.69, 9.17) is 9.98 Å². The zero-order valence-electron chi connectivity index (χ0n) is 28.0. The van der Waals surface area contributed by atoms with Gasteiger partial charge in [-0.3, -0.25) is 4.99 Å². The quantitative estimate of drug-likeness (QED) is 0.174. The van der Waals surface area contributed by atoms with Crippen LogP contribution in [0.5, 0.6) is 0 Å². The summed E-state index contributed by atoms with van der Waals surface area (Å²) in [5, 5.41) is 3.39. The molecule has 0 radical (unpaired) electrons. The molecule has 0 atom stereocenters. The van der Waals surface area contributed by atoms with Crippen molar-refractivity contribution in [3.63, 3.8) is 0 Å². The smallest absolute Gasteiger partial charge is 0.126 e. The van der Waals surface area contributed by atoms with E-state index in [9.17, 15) is 0 Å². The Hall–Kier alpha value is -4.86. The maximum Gasteiger partial charge on any atom is 0.126 e. The molecule has 0 aliphatic rings. The summed E-state index contributed by atoms with van der Waals surface area (Å²) < 4.78 is 1.19. The second-order valence-corrected chi connectivity index (χ2v) is 15.4. The van der Waals surface area contributed by atoms with Crippen LogP contribution in [0.2, 0.25) is 0 Å². The van der Waals surface area contributed by atoms with E-state index in [2.05, 4.69) is 169 Å². The molecule has 7 rings (SSSR count). The first-order chi connectivity index (χ1) is 22.5. The monoisotopic (exact) mass is 628 g/mol. The lowest BCUT2D eigenvalue weighted by atomic mass is 9.84. The number of benzene rings is 6. The lowest BCUT2D eigenvalue weighted by Crippen LogP contribution is -2.11. The van der Waals surface area contributed by atoms with Crippen molar-refractivity contribution in [2.45, 2.75) is 52.4 Å². The molecule has 47 heavy (non-hydrogen) atoms. The van der Waals surface area contributed by atoms with Crippen LogP contribution in [0.25, 0.3) is 53.8 Å². The van der Waals surface area contributed by atoms with E-state index in [1.165, 1.54) is 48.9 Å². The predicted octanol–water partition coefficient (Wildman–Crippen LogP) is 12.8. The number of rotatable bonds is 5. The van der Waals surface area contributed by atoms with Crippen LogP contribution in [0.1, 0.15) is 58.2 Å². The van der Waals surface area contributed by atoms with Crippen molar-refractivity contribution in [3.8, 4) is 32.8 Å². The predicted molar refractivity (Wildman–Crippen MR) is 205 cm³/mol. The van der Waals surface area contributed by atoms with E-state index < -0.39 is 0 Å². The molecular formula is C44H40N2S. The fraction of sp³-hybridized carbons (Fsp3) is 0.182. The molecule has 3 heteroatoms. The van der Waals surface area contributed by atoms with Crippen molar-refractivity contribution < 1.29 is 0 Å². The van der Waals surface area contributed by atoms with Gasteiger partial charge in [0.2, 0.25) is 0 Å². The number of hydrogen-bond acceptors (Lipinski definition) is 3. The van der Waals surface area contributed by atoms with Gasteiger partial charge in [0.05, 0.1) is 15.9 Å². The van der Waals surface area contributed by atoms with Gasteiger partial charge < -0.3 is 0 Å². The second kappa shape index (κ2) is 12.1. The lowest BCUT2D eigenvalue weighted by Gasteiger charge is -2.21. The fourth-order valence-corrected chi connectivity index (χ4v) is 7.16. The largest absolute Gasteiger partial charge is 0.256 e. The van der Waals surface area contributed by atoms with Crippen LogP contribution < -0.4 is 0 Å². The highest BCUT2D eigenvalue weighted by Crippen LogP contribution is 2.42. The molecule has 0 saturated heterocycles. The van der Waals surface area contributed by atoms with Crippen molar-refractivity contribution in [2.24, 2.45) is 4.99 Å². The SMILES string of the molecule is CC(C)(C)c1cccc(-c2cccc(-c3cc(C(C)(C)C)cc4sc(-c5ccccc5N=Cc5cccc6ccccc56)nc34)c2)c1. The number of aromatic nitrogens is 1. The fourth-order valence-electron chi connectivity index (χ4n) is 6.10. The third-order valence-corrected chi connectivity index (χ3v) is 9.93. The number of para-hydroxylation sites is 1. The van der Waals surface area contributed by atoms with Gasteiger partial charge in [-0.15, -0.1) is 11.3 Å². The van der Waals surface area contributed by atoms with Crippen LogP contribution in [-0.4, -0.2) is 11.2 Å². The number of fused-ring (bicyclic) bond motifs is 2. The van der Waals surface area contributed by atoms with E-state index >= 15 is 0 Å². The standard InChI is InChI=1S/C44H40N2S/c1-43(2,3)34-20-13-17-31(25-34)30-16-12-18-32(24-30)38-26-35(44(4,5)6)27-40-41(38)46-42(47-40)37-22-9-10-23-39(37)45-28-33-19-11-15-29-14-7-8-21-36(29)33/h7-28H,1-6H3. The highest BCUT2D eigenvalue weighted by Gasteiger charge is 2.21. The van der Waals surface area contributed by atoms with Crippen LogP contribution in [0.15, 0.2) is 132 Å². The number of thiazole rings is 1. The Balaban J connectivity index is 1.34. The summed E-state index contributed by atoms with van der Waals surface area (Å²) in [6, 6.07) is 45.7. The van der Waals surface area contributed by atoms with E-state index in [1.807, 2.05) is 6.21 Å². The average Bonchev–Trinajstić information content (AvgIpc) is 3.51. The molecule has 6 aromatic carbocycles. The van der Waals surface area contributed by atoms with E-state index in [0.29, 0.717) is 0 Å². The molecule has 0 fully saturated rings. The van der Waals surface area contributed by atoms with Crippen molar-refractivity contribution >= 4 is 44.2 Å². The minimum atomic E-state index is -0.00754. The first-order valence-electron chi connectivity index (χ1n) is 16.3. The van der Waals surface area contributed by atoms with Gasteiger partial charge in [-0.05, 0) is 79.8 Å². The van der Waals surface area contributed by atoms with Crippen molar-refractivity contribution in [2.75, 3.05) is 0 Å². The Morgan fingerprint density at radius 2 is 1.23 bits per heavy atom. The van der Waals surface area contributed by atoms with Gasteiger partial charge in [-0.1, -0.05) is 139 Å². The van der Waals surface area contributed by atoms with Crippen molar-refractivity contribution in [3.05, 3.63) is 144 Å². The van der Waals surface area contributed by atoms with E-state index in [-0.39, 0.29) is 10.8 Å². The zero-order chi connectivity index (χ0) is 32.8. The van der Waals surface area contributed by atoms with E-state index in [0.717, 1.165) is 27.3 Å². The Kier molecular flexibility index (Phi) is 7.90. The first kappa shape index (κ1) is 30.8. The first-order valence-corrected chi connectivity index (χ1v) is 17.1. The Labute approximate surface area is 282 Å². The third-order valence-electron chi connectivity index (χ3n) is 8.90. The summed E-state index contributed by atoms with van der Waals surface area (Å²) in [4.78, 5) is 10.4. The molecule has 2 nitrogen and oxygen atoms in total. The number of aliphatic imine (C=N–C) groups is 1. The molecule has 1 heterocycles. The molecule has 0 amide bonds. The molecular weight excluding hydrogens is 589 g/mol. The van der Waals surface area contributed by atoms with Gasteiger partial charge >= 0.3 is 0 Å². The minimum absolute atomic E-state index is 0.00754. The summed E-state index contributed by atoms with van der Waals surface area (Å²) in [7, 11) is 0. The molecule has 7 aromatic rings. The normalized spacial score (nSPS) is 12.4.